The number of benzene rings is 2. The second kappa shape index (κ2) is 6.48. The second-order valence-corrected chi connectivity index (χ2v) is 4.91. The number of halogens is 1. The zero-order valence-corrected chi connectivity index (χ0v) is 11.5. The van der Waals surface area contributed by atoms with E-state index in [1.165, 1.54) is 28.8 Å². The molecule has 0 saturated heterocycles. The van der Waals surface area contributed by atoms with E-state index in [2.05, 4.69) is 36.5 Å². The molecule has 0 radical (unpaired) electrons. The summed E-state index contributed by atoms with van der Waals surface area (Å²) in [6, 6.07) is 15.4. The molecule has 2 heteroatoms. The summed E-state index contributed by atoms with van der Waals surface area (Å²) in [5.74, 6) is 0.133. The Morgan fingerprint density at radius 3 is 2.00 bits per heavy atom. The standard InChI is InChI=1S/C17H20FN/c1-13-3-5-14(6-4-13)17(11-12-19-2)15-7-9-16(18)10-8-15/h3-10,17,19H,11-12H2,1-2H3. The largest absolute Gasteiger partial charge is 0.320 e. The number of rotatable bonds is 5. The summed E-state index contributed by atoms with van der Waals surface area (Å²) >= 11 is 0. The Kier molecular flexibility index (Phi) is 4.69. The lowest BCUT2D eigenvalue weighted by atomic mass is 9.88. The molecule has 1 unspecified atom stereocenters. The van der Waals surface area contributed by atoms with E-state index in [0.717, 1.165) is 13.0 Å². The lowest BCUT2D eigenvalue weighted by Gasteiger charge is -2.18. The van der Waals surface area contributed by atoms with Crippen molar-refractivity contribution in [1.82, 2.24) is 5.32 Å². The Morgan fingerprint density at radius 1 is 0.947 bits per heavy atom. The average molecular weight is 257 g/mol. The third-order valence-corrected chi connectivity index (χ3v) is 3.44. The van der Waals surface area contributed by atoms with E-state index in [4.69, 9.17) is 0 Å². The summed E-state index contributed by atoms with van der Waals surface area (Å²) < 4.78 is 13.0. The second-order valence-electron chi connectivity index (χ2n) is 4.91. The third kappa shape index (κ3) is 3.65. The van der Waals surface area contributed by atoms with E-state index >= 15 is 0 Å². The maximum absolute atomic E-state index is 13.0. The van der Waals surface area contributed by atoms with Crippen molar-refractivity contribution >= 4 is 0 Å². The first-order valence-corrected chi connectivity index (χ1v) is 6.67. The SMILES string of the molecule is CNCCC(c1ccc(C)cc1)c1ccc(F)cc1. The van der Waals surface area contributed by atoms with Gasteiger partial charge in [-0.05, 0) is 50.2 Å². The van der Waals surface area contributed by atoms with Crippen LogP contribution in [0.3, 0.4) is 0 Å². The molecule has 0 fully saturated rings. The lowest BCUT2D eigenvalue weighted by molar-refractivity contribution is 0.622. The molecule has 0 bridgehead atoms. The molecule has 2 aromatic rings. The van der Waals surface area contributed by atoms with Crippen molar-refractivity contribution in [3.05, 3.63) is 71.0 Å². The van der Waals surface area contributed by atoms with E-state index < -0.39 is 0 Å². The molecule has 0 saturated carbocycles. The first-order chi connectivity index (χ1) is 9.20. The van der Waals surface area contributed by atoms with E-state index in [1.54, 1.807) is 0 Å². The van der Waals surface area contributed by atoms with Crippen LogP contribution in [0.25, 0.3) is 0 Å². The minimum Gasteiger partial charge on any atom is -0.320 e. The smallest absolute Gasteiger partial charge is 0.123 e. The molecule has 0 aromatic heterocycles. The summed E-state index contributed by atoms with van der Waals surface area (Å²) in [4.78, 5) is 0. The zero-order chi connectivity index (χ0) is 13.7. The fourth-order valence-corrected chi connectivity index (χ4v) is 2.31. The summed E-state index contributed by atoms with van der Waals surface area (Å²) in [6.07, 6.45) is 1.01. The molecule has 0 aliphatic heterocycles. The molecule has 1 nitrogen and oxygen atoms in total. The molecule has 2 aromatic carbocycles. The Bertz CT molecular complexity index is 456. The van der Waals surface area contributed by atoms with Crippen molar-refractivity contribution < 1.29 is 4.39 Å². The predicted molar refractivity (Wildman–Crippen MR) is 78.0 cm³/mol. The zero-order valence-electron chi connectivity index (χ0n) is 11.5. The molecule has 0 aliphatic carbocycles. The lowest BCUT2D eigenvalue weighted by Crippen LogP contribution is -2.13. The highest BCUT2D eigenvalue weighted by atomic mass is 19.1. The molecule has 0 amide bonds. The number of aryl methyl sites for hydroxylation is 1. The van der Waals surface area contributed by atoms with Crippen LogP contribution < -0.4 is 5.32 Å². The Balaban J connectivity index is 2.29. The molecule has 2 rings (SSSR count). The molecule has 0 spiro atoms. The predicted octanol–water partition coefficient (Wildman–Crippen LogP) is 3.88. The van der Waals surface area contributed by atoms with E-state index in [1.807, 2.05) is 19.2 Å². The van der Waals surface area contributed by atoms with Gasteiger partial charge in [0.25, 0.3) is 0 Å². The van der Waals surface area contributed by atoms with Crippen LogP contribution in [0.4, 0.5) is 4.39 Å². The van der Waals surface area contributed by atoms with Crippen LogP contribution in [0.1, 0.15) is 29.0 Å². The van der Waals surface area contributed by atoms with Gasteiger partial charge in [-0.25, -0.2) is 4.39 Å². The van der Waals surface area contributed by atoms with Crippen LogP contribution >= 0.6 is 0 Å². The van der Waals surface area contributed by atoms with Gasteiger partial charge in [0.15, 0.2) is 0 Å². The van der Waals surface area contributed by atoms with E-state index in [9.17, 15) is 4.39 Å². The van der Waals surface area contributed by atoms with Crippen LogP contribution in [-0.2, 0) is 0 Å². The minimum absolute atomic E-state index is 0.181. The van der Waals surface area contributed by atoms with Gasteiger partial charge in [-0.2, -0.15) is 0 Å². The van der Waals surface area contributed by atoms with Crippen LogP contribution in [0.15, 0.2) is 48.5 Å². The summed E-state index contributed by atoms with van der Waals surface area (Å²) in [5.41, 5.74) is 3.71. The van der Waals surface area contributed by atoms with Gasteiger partial charge < -0.3 is 5.32 Å². The number of nitrogens with one attached hydrogen (secondary N) is 1. The highest BCUT2D eigenvalue weighted by Crippen LogP contribution is 2.28. The Labute approximate surface area is 114 Å². The molecule has 1 atom stereocenters. The van der Waals surface area contributed by atoms with Crippen molar-refractivity contribution in [1.29, 1.82) is 0 Å². The van der Waals surface area contributed by atoms with Gasteiger partial charge >= 0.3 is 0 Å². The van der Waals surface area contributed by atoms with E-state index in [-0.39, 0.29) is 5.82 Å². The summed E-state index contributed by atoms with van der Waals surface area (Å²) in [5, 5.41) is 3.19. The highest BCUT2D eigenvalue weighted by molar-refractivity contribution is 5.34. The van der Waals surface area contributed by atoms with Gasteiger partial charge in [-0.15, -0.1) is 0 Å². The first-order valence-electron chi connectivity index (χ1n) is 6.67. The van der Waals surface area contributed by atoms with Crippen LogP contribution in [0.5, 0.6) is 0 Å². The molecule has 19 heavy (non-hydrogen) atoms. The van der Waals surface area contributed by atoms with Gasteiger partial charge in [0.2, 0.25) is 0 Å². The summed E-state index contributed by atoms with van der Waals surface area (Å²) in [7, 11) is 1.96. The van der Waals surface area contributed by atoms with Crippen LogP contribution in [0.2, 0.25) is 0 Å². The maximum atomic E-state index is 13.0. The fourth-order valence-electron chi connectivity index (χ4n) is 2.31. The molecule has 100 valence electrons. The Morgan fingerprint density at radius 2 is 1.47 bits per heavy atom. The van der Waals surface area contributed by atoms with Gasteiger partial charge in [-0.1, -0.05) is 42.0 Å². The third-order valence-electron chi connectivity index (χ3n) is 3.44. The molecular formula is C17H20FN. The highest BCUT2D eigenvalue weighted by Gasteiger charge is 2.13. The maximum Gasteiger partial charge on any atom is 0.123 e. The number of hydrogen-bond acceptors (Lipinski definition) is 1. The topological polar surface area (TPSA) is 12.0 Å². The molecule has 1 N–H and O–H groups in total. The van der Waals surface area contributed by atoms with Crippen LogP contribution in [-0.4, -0.2) is 13.6 Å². The monoisotopic (exact) mass is 257 g/mol. The molecular weight excluding hydrogens is 237 g/mol. The van der Waals surface area contributed by atoms with Crippen molar-refractivity contribution in [2.24, 2.45) is 0 Å². The van der Waals surface area contributed by atoms with Crippen LogP contribution in [0, 0.1) is 12.7 Å². The van der Waals surface area contributed by atoms with Gasteiger partial charge in [-0.3, -0.25) is 0 Å². The molecule has 0 heterocycles. The number of hydrogen-bond donors (Lipinski definition) is 1. The van der Waals surface area contributed by atoms with Crippen molar-refractivity contribution in [2.75, 3.05) is 13.6 Å². The van der Waals surface area contributed by atoms with Crippen molar-refractivity contribution in [3.8, 4) is 0 Å². The van der Waals surface area contributed by atoms with E-state index in [0.29, 0.717) is 5.92 Å². The van der Waals surface area contributed by atoms with Gasteiger partial charge in [0.1, 0.15) is 5.82 Å². The minimum atomic E-state index is -0.181. The molecule has 0 aliphatic rings. The van der Waals surface area contributed by atoms with Crippen molar-refractivity contribution in [2.45, 2.75) is 19.3 Å². The Hall–Kier alpha value is -1.67. The summed E-state index contributed by atoms with van der Waals surface area (Å²) in [6.45, 7) is 3.03. The quantitative estimate of drug-likeness (QED) is 0.857. The first kappa shape index (κ1) is 13.8. The van der Waals surface area contributed by atoms with Gasteiger partial charge in [0, 0.05) is 5.92 Å². The van der Waals surface area contributed by atoms with Gasteiger partial charge in [0.05, 0.1) is 0 Å². The fraction of sp³-hybridized carbons (Fsp3) is 0.294. The average Bonchev–Trinajstić information content (AvgIpc) is 2.43. The van der Waals surface area contributed by atoms with Crippen molar-refractivity contribution in [3.63, 3.8) is 0 Å². The normalized spacial score (nSPS) is 12.4.